The topological polar surface area (TPSA) is 72.8 Å². The lowest BCUT2D eigenvalue weighted by molar-refractivity contribution is 0.153. The van der Waals surface area contributed by atoms with E-state index in [2.05, 4.69) is 15.0 Å². The zero-order valence-corrected chi connectivity index (χ0v) is 14.0. The molecule has 3 heterocycles. The van der Waals surface area contributed by atoms with E-state index in [0.29, 0.717) is 40.5 Å². The number of aromatic nitrogens is 4. The monoisotopic (exact) mass is 350 g/mol. The zero-order valence-electron chi connectivity index (χ0n) is 13.2. The van der Waals surface area contributed by atoms with Crippen LogP contribution < -0.4 is 5.69 Å². The van der Waals surface area contributed by atoms with Gasteiger partial charge in [0.15, 0.2) is 5.65 Å². The number of hydrogen-bond acceptors (Lipinski definition) is 4. The highest BCUT2D eigenvalue weighted by Crippen LogP contribution is 2.33. The summed E-state index contributed by atoms with van der Waals surface area (Å²) in [5.41, 5.74) is 1.64. The Morgan fingerprint density at radius 3 is 2.79 bits per heavy atom. The Morgan fingerprint density at radius 1 is 1.38 bits per heavy atom. The number of pyridine rings is 2. The summed E-state index contributed by atoms with van der Waals surface area (Å²) in [6, 6.07) is 2.64. The van der Waals surface area contributed by atoms with Gasteiger partial charge in [-0.05, 0) is 18.6 Å². The Labute approximate surface area is 142 Å². The largest absolute Gasteiger partial charge is 0.383 e. The SMILES string of the molecule is CC[C@@H](COC)n1c(=O)[nH]c2ncc(Cl)c(-c3ccc(F)cn3)c21. The summed E-state index contributed by atoms with van der Waals surface area (Å²) < 4.78 is 20.0. The third-order valence-corrected chi connectivity index (χ3v) is 4.16. The van der Waals surface area contributed by atoms with Crippen molar-refractivity contribution >= 4 is 22.8 Å². The van der Waals surface area contributed by atoms with Crippen molar-refractivity contribution in [3.05, 3.63) is 45.9 Å². The first-order valence-corrected chi connectivity index (χ1v) is 7.84. The van der Waals surface area contributed by atoms with Gasteiger partial charge in [-0.1, -0.05) is 18.5 Å². The molecule has 0 aliphatic rings. The van der Waals surface area contributed by atoms with Crippen LogP contribution in [-0.4, -0.2) is 33.2 Å². The average Bonchev–Trinajstić information content (AvgIpc) is 2.90. The fraction of sp³-hybridized carbons (Fsp3) is 0.312. The fourth-order valence-electron chi connectivity index (χ4n) is 2.75. The van der Waals surface area contributed by atoms with Gasteiger partial charge >= 0.3 is 5.69 Å². The Hall–Kier alpha value is -2.25. The number of nitrogens with zero attached hydrogens (tertiary/aromatic N) is 3. The molecule has 3 aromatic heterocycles. The predicted molar refractivity (Wildman–Crippen MR) is 89.8 cm³/mol. The van der Waals surface area contributed by atoms with Crippen LogP contribution in [0.5, 0.6) is 0 Å². The lowest BCUT2D eigenvalue weighted by atomic mass is 10.1. The smallest absolute Gasteiger partial charge is 0.328 e. The van der Waals surface area contributed by atoms with Gasteiger partial charge < -0.3 is 4.74 Å². The molecule has 0 fully saturated rings. The lowest BCUT2D eigenvalue weighted by Crippen LogP contribution is -2.25. The maximum atomic E-state index is 13.2. The van der Waals surface area contributed by atoms with E-state index in [1.165, 1.54) is 18.3 Å². The minimum Gasteiger partial charge on any atom is -0.383 e. The van der Waals surface area contributed by atoms with Gasteiger partial charge in [0.2, 0.25) is 0 Å². The van der Waals surface area contributed by atoms with Gasteiger partial charge in [0.25, 0.3) is 0 Å². The number of rotatable bonds is 5. The second-order valence-electron chi connectivity index (χ2n) is 5.36. The summed E-state index contributed by atoms with van der Waals surface area (Å²) in [6.07, 6.45) is 3.24. The summed E-state index contributed by atoms with van der Waals surface area (Å²) in [4.78, 5) is 23.5. The number of aromatic amines is 1. The molecular weight excluding hydrogens is 335 g/mol. The molecule has 8 heteroatoms. The Morgan fingerprint density at radius 2 is 2.17 bits per heavy atom. The van der Waals surface area contributed by atoms with Crippen molar-refractivity contribution < 1.29 is 9.13 Å². The first-order valence-electron chi connectivity index (χ1n) is 7.46. The van der Waals surface area contributed by atoms with Gasteiger partial charge in [0, 0.05) is 18.9 Å². The van der Waals surface area contributed by atoms with Crippen LogP contribution >= 0.6 is 11.6 Å². The number of nitrogens with one attached hydrogen (secondary N) is 1. The molecule has 6 nitrogen and oxygen atoms in total. The molecule has 1 N–H and O–H groups in total. The van der Waals surface area contributed by atoms with Crippen LogP contribution in [0.3, 0.4) is 0 Å². The Bertz CT molecular complexity index is 920. The molecule has 0 aromatic carbocycles. The molecule has 126 valence electrons. The molecule has 0 saturated carbocycles. The molecule has 0 radical (unpaired) electrons. The molecule has 0 aliphatic heterocycles. The Kier molecular flexibility index (Phi) is 4.64. The van der Waals surface area contributed by atoms with Crippen molar-refractivity contribution in [2.45, 2.75) is 19.4 Å². The molecule has 1 atom stereocenters. The minimum atomic E-state index is -0.447. The van der Waals surface area contributed by atoms with E-state index in [1.54, 1.807) is 11.7 Å². The van der Waals surface area contributed by atoms with Crippen molar-refractivity contribution in [1.82, 2.24) is 19.5 Å². The van der Waals surface area contributed by atoms with E-state index in [4.69, 9.17) is 16.3 Å². The number of imidazole rings is 1. The number of H-pyrrole nitrogens is 1. The van der Waals surface area contributed by atoms with Crippen LogP contribution in [-0.2, 0) is 4.74 Å². The molecule has 0 unspecified atom stereocenters. The normalized spacial score (nSPS) is 12.7. The highest BCUT2D eigenvalue weighted by atomic mass is 35.5. The number of methoxy groups -OCH3 is 1. The summed E-state index contributed by atoms with van der Waals surface area (Å²) in [5.74, 6) is -0.447. The summed E-state index contributed by atoms with van der Waals surface area (Å²) in [7, 11) is 1.58. The lowest BCUT2D eigenvalue weighted by Gasteiger charge is -2.17. The van der Waals surface area contributed by atoms with Gasteiger partial charge in [0.05, 0.1) is 35.1 Å². The third kappa shape index (κ3) is 2.81. The number of hydrogen-bond donors (Lipinski definition) is 1. The van der Waals surface area contributed by atoms with Crippen molar-refractivity contribution in [2.24, 2.45) is 0 Å². The number of ether oxygens (including phenoxy) is 1. The van der Waals surface area contributed by atoms with Gasteiger partial charge in [-0.2, -0.15) is 0 Å². The van der Waals surface area contributed by atoms with Gasteiger partial charge in [-0.25, -0.2) is 14.2 Å². The first kappa shape index (κ1) is 16.6. The van der Waals surface area contributed by atoms with E-state index in [9.17, 15) is 9.18 Å². The average molecular weight is 351 g/mol. The van der Waals surface area contributed by atoms with E-state index < -0.39 is 5.82 Å². The van der Waals surface area contributed by atoms with Crippen LogP contribution in [0.25, 0.3) is 22.4 Å². The molecule has 0 amide bonds. The van der Waals surface area contributed by atoms with Crippen LogP contribution in [0.2, 0.25) is 5.02 Å². The highest BCUT2D eigenvalue weighted by Gasteiger charge is 2.22. The molecule has 0 bridgehead atoms. The molecule has 24 heavy (non-hydrogen) atoms. The van der Waals surface area contributed by atoms with Crippen LogP contribution in [0, 0.1) is 5.82 Å². The van der Waals surface area contributed by atoms with E-state index in [-0.39, 0.29) is 11.7 Å². The Balaban J connectivity index is 2.34. The van der Waals surface area contributed by atoms with Gasteiger partial charge in [-0.15, -0.1) is 0 Å². The van der Waals surface area contributed by atoms with Crippen molar-refractivity contribution in [2.75, 3.05) is 13.7 Å². The molecule has 0 aliphatic carbocycles. The maximum absolute atomic E-state index is 13.2. The highest BCUT2D eigenvalue weighted by molar-refractivity contribution is 6.34. The second kappa shape index (κ2) is 6.70. The number of fused-ring (bicyclic) bond motifs is 1. The van der Waals surface area contributed by atoms with Gasteiger partial charge in [-0.3, -0.25) is 14.5 Å². The van der Waals surface area contributed by atoms with Gasteiger partial charge in [0.1, 0.15) is 5.82 Å². The zero-order chi connectivity index (χ0) is 17.3. The molecular formula is C16H16ClFN4O2. The van der Waals surface area contributed by atoms with Crippen molar-refractivity contribution in [1.29, 1.82) is 0 Å². The van der Waals surface area contributed by atoms with Crippen LogP contribution in [0.1, 0.15) is 19.4 Å². The standard InChI is InChI=1S/C16H16ClFN4O2/c1-3-10(8-24-2)22-14-13(12-5-4-9(18)6-19-12)11(17)7-20-15(14)21-16(22)23/h4-7,10H,3,8H2,1-2H3,(H,20,21,23)/t10-/m0/s1. The van der Waals surface area contributed by atoms with Crippen LogP contribution in [0.4, 0.5) is 4.39 Å². The molecule has 0 spiro atoms. The predicted octanol–water partition coefficient (Wildman–Crippen LogP) is 3.18. The van der Waals surface area contributed by atoms with Crippen molar-refractivity contribution in [3.63, 3.8) is 0 Å². The summed E-state index contributed by atoms with van der Waals surface area (Å²) in [6.45, 7) is 2.33. The molecule has 3 aromatic rings. The summed E-state index contributed by atoms with van der Waals surface area (Å²) in [5, 5.41) is 0.335. The maximum Gasteiger partial charge on any atom is 0.328 e. The number of halogens is 2. The fourth-order valence-corrected chi connectivity index (χ4v) is 2.99. The second-order valence-corrected chi connectivity index (χ2v) is 5.76. The minimum absolute atomic E-state index is 0.185. The molecule has 0 saturated heterocycles. The first-order chi connectivity index (χ1) is 11.6. The van der Waals surface area contributed by atoms with Crippen molar-refractivity contribution in [3.8, 4) is 11.3 Å². The van der Waals surface area contributed by atoms with E-state index in [1.807, 2.05) is 6.92 Å². The summed E-state index contributed by atoms with van der Waals surface area (Å²) >= 11 is 6.33. The third-order valence-electron chi connectivity index (χ3n) is 3.87. The van der Waals surface area contributed by atoms with Crippen LogP contribution in [0.15, 0.2) is 29.3 Å². The quantitative estimate of drug-likeness (QED) is 0.767. The van der Waals surface area contributed by atoms with E-state index >= 15 is 0 Å². The molecule has 3 rings (SSSR count). The van der Waals surface area contributed by atoms with E-state index in [0.717, 1.165) is 6.20 Å².